The zero-order valence-electron chi connectivity index (χ0n) is 12.1. The lowest BCUT2D eigenvalue weighted by molar-refractivity contribution is 0.117. The Hall–Kier alpha value is -1.13. The van der Waals surface area contributed by atoms with E-state index in [1.54, 1.807) is 6.07 Å². The molecule has 0 radical (unpaired) electrons. The topological polar surface area (TPSA) is 52.5 Å². The van der Waals surface area contributed by atoms with Crippen LogP contribution >= 0.6 is 0 Å². The maximum atomic E-state index is 13.6. The zero-order chi connectivity index (χ0) is 14.6. The summed E-state index contributed by atoms with van der Waals surface area (Å²) in [5.74, 6) is -0.522. The molecule has 19 heavy (non-hydrogen) atoms. The molecule has 0 saturated heterocycles. The zero-order valence-corrected chi connectivity index (χ0v) is 12.1. The SMILES string of the molecule is CC(NCC(O)CC(C)(C)C)c1ccc(O)cc1F. The Bertz CT molecular complexity index is 415. The van der Waals surface area contributed by atoms with Crippen LogP contribution in [0, 0.1) is 11.2 Å². The molecule has 2 atom stereocenters. The van der Waals surface area contributed by atoms with Crippen LogP contribution in [0.4, 0.5) is 4.39 Å². The van der Waals surface area contributed by atoms with Crippen molar-refractivity contribution in [3.05, 3.63) is 29.6 Å². The van der Waals surface area contributed by atoms with Gasteiger partial charge in [-0.05, 0) is 24.8 Å². The number of hydrogen-bond donors (Lipinski definition) is 3. The average molecular weight is 269 g/mol. The highest BCUT2D eigenvalue weighted by Gasteiger charge is 2.18. The van der Waals surface area contributed by atoms with Crippen molar-refractivity contribution >= 4 is 0 Å². The first-order valence-electron chi connectivity index (χ1n) is 6.59. The van der Waals surface area contributed by atoms with Crippen LogP contribution in [0.25, 0.3) is 0 Å². The van der Waals surface area contributed by atoms with E-state index in [0.717, 1.165) is 6.07 Å². The smallest absolute Gasteiger partial charge is 0.131 e. The molecule has 0 bridgehead atoms. The van der Waals surface area contributed by atoms with E-state index in [9.17, 15) is 9.50 Å². The fourth-order valence-electron chi connectivity index (χ4n) is 2.07. The second-order valence-corrected chi connectivity index (χ2v) is 6.25. The van der Waals surface area contributed by atoms with Crippen LogP contribution in [0.15, 0.2) is 18.2 Å². The van der Waals surface area contributed by atoms with Crippen molar-refractivity contribution in [1.82, 2.24) is 5.32 Å². The molecule has 0 saturated carbocycles. The molecule has 1 aromatic carbocycles. The van der Waals surface area contributed by atoms with Crippen LogP contribution < -0.4 is 5.32 Å². The summed E-state index contributed by atoms with van der Waals surface area (Å²) in [5, 5.41) is 22.2. The first kappa shape index (κ1) is 15.9. The van der Waals surface area contributed by atoms with Gasteiger partial charge < -0.3 is 15.5 Å². The van der Waals surface area contributed by atoms with E-state index < -0.39 is 11.9 Å². The third-order valence-electron chi connectivity index (χ3n) is 2.96. The van der Waals surface area contributed by atoms with Gasteiger partial charge in [-0.15, -0.1) is 0 Å². The van der Waals surface area contributed by atoms with Crippen molar-refractivity contribution in [2.75, 3.05) is 6.54 Å². The lowest BCUT2D eigenvalue weighted by Crippen LogP contribution is -2.32. The number of hydrogen-bond acceptors (Lipinski definition) is 3. The first-order valence-corrected chi connectivity index (χ1v) is 6.59. The standard InChI is InChI=1S/C15H24FNO2/c1-10(13-6-5-11(18)7-14(13)16)17-9-12(19)8-15(2,3)4/h5-7,10,12,17-19H,8-9H2,1-4H3. The van der Waals surface area contributed by atoms with Crippen molar-refractivity contribution in [2.45, 2.75) is 46.3 Å². The largest absolute Gasteiger partial charge is 0.508 e. The minimum atomic E-state index is -0.456. The quantitative estimate of drug-likeness (QED) is 0.770. The van der Waals surface area contributed by atoms with Crippen molar-refractivity contribution in [2.24, 2.45) is 5.41 Å². The highest BCUT2D eigenvalue weighted by Crippen LogP contribution is 2.23. The van der Waals surface area contributed by atoms with E-state index in [-0.39, 0.29) is 17.2 Å². The number of aliphatic hydroxyl groups excluding tert-OH is 1. The van der Waals surface area contributed by atoms with Gasteiger partial charge in [0.25, 0.3) is 0 Å². The number of benzene rings is 1. The van der Waals surface area contributed by atoms with Crippen LogP contribution in [-0.2, 0) is 0 Å². The van der Waals surface area contributed by atoms with E-state index in [2.05, 4.69) is 26.1 Å². The van der Waals surface area contributed by atoms with Crippen LogP contribution in [0.1, 0.15) is 45.7 Å². The molecule has 0 aliphatic carbocycles. The van der Waals surface area contributed by atoms with Crippen molar-refractivity contribution in [3.63, 3.8) is 0 Å². The molecule has 3 N–H and O–H groups in total. The predicted molar refractivity (Wildman–Crippen MR) is 74.6 cm³/mol. The Morgan fingerprint density at radius 3 is 2.47 bits per heavy atom. The van der Waals surface area contributed by atoms with E-state index >= 15 is 0 Å². The van der Waals surface area contributed by atoms with E-state index in [1.165, 1.54) is 6.07 Å². The molecule has 0 amide bonds. The Morgan fingerprint density at radius 1 is 1.32 bits per heavy atom. The molecular weight excluding hydrogens is 245 g/mol. The van der Waals surface area contributed by atoms with Gasteiger partial charge in [0.2, 0.25) is 0 Å². The highest BCUT2D eigenvalue weighted by molar-refractivity contribution is 5.29. The molecule has 0 fully saturated rings. The maximum absolute atomic E-state index is 13.6. The van der Waals surface area contributed by atoms with Gasteiger partial charge in [0, 0.05) is 24.2 Å². The fraction of sp³-hybridized carbons (Fsp3) is 0.600. The van der Waals surface area contributed by atoms with Crippen molar-refractivity contribution in [3.8, 4) is 5.75 Å². The molecule has 0 spiro atoms. The summed E-state index contributed by atoms with van der Waals surface area (Å²) in [6.07, 6.45) is 0.229. The minimum Gasteiger partial charge on any atom is -0.508 e. The fourth-order valence-corrected chi connectivity index (χ4v) is 2.07. The molecule has 0 aliphatic rings. The van der Waals surface area contributed by atoms with Gasteiger partial charge in [0.15, 0.2) is 0 Å². The molecular formula is C15H24FNO2. The molecule has 1 aromatic rings. The van der Waals surface area contributed by atoms with Crippen molar-refractivity contribution < 1.29 is 14.6 Å². The van der Waals surface area contributed by atoms with Crippen LogP contribution in [0.2, 0.25) is 0 Å². The molecule has 0 heterocycles. The van der Waals surface area contributed by atoms with Crippen LogP contribution in [0.5, 0.6) is 5.75 Å². The third kappa shape index (κ3) is 5.57. The Labute approximate surface area is 114 Å². The second kappa shape index (κ2) is 6.35. The van der Waals surface area contributed by atoms with Gasteiger partial charge in [-0.1, -0.05) is 26.8 Å². The van der Waals surface area contributed by atoms with Gasteiger partial charge in [-0.3, -0.25) is 0 Å². The molecule has 0 aromatic heterocycles. The molecule has 4 heteroatoms. The Kier molecular flexibility index (Phi) is 5.32. The molecule has 0 aliphatic heterocycles. The molecule has 1 rings (SSSR count). The molecule has 3 nitrogen and oxygen atoms in total. The minimum absolute atomic E-state index is 0.0636. The monoisotopic (exact) mass is 269 g/mol. The van der Waals surface area contributed by atoms with E-state index in [0.29, 0.717) is 18.5 Å². The number of aromatic hydroxyl groups is 1. The van der Waals surface area contributed by atoms with Gasteiger partial charge >= 0.3 is 0 Å². The maximum Gasteiger partial charge on any atom is 0.131 e. The average Bonchev–Trinajstić information content (AvgIpc) is 2.23. The van der Waals surface area contributed by atoms with Gasteiger partial charge in [-0.2, -0.15) is 0 Å². The number of aliphatic hydroxyl groups is 1. The van der Waals surface area contributed by atoms with Gasteiger partial charge in [0.05, 0.1) is 6.10 Å². The summed E-state index contributed by atoms with van der Waals surface area (Å²) in [6, 6.07) is 3.90. The first-order chi connectivity index (χ1) is 8.69. The van der Waals surface area contributed by atoms with Crippen molar-refractivity contribution in [1.29, 1.82) is 0 Å². The number of nitrogens with one attached hydrogen (secondary N) is 1. The molecule has 108 valence electrons. The predicted octanol–water partition coefficient (Wildman–Crippen LogP) is 2.98. The summed E-state index contributed by atoms with van der Waals surface area (Å²) in [5.41, 5.74) is 0.550. The van der Waals surface area contributed by atoms with Gasteiger partial charge in [-0.25, -0.2) is 4.39 Å². The molecule has 2 unspecified atom stereocenters. The number of phenols is 1. The Morgan fingerprint density at radius 2 is 1.95 bits per heavy atom. The second-order valence-electron chi connectivity index (χ2n) is 6.25. The third-order valence-corrected chi connectivity index (χ3v) is 2.96. The van der Waals surface area contributed by atoms with Crippen LogP contribution in [0.3, 0.4) is 0 Å². The van der Waals surface area contributed by atoms with E-state index in [1.807, 2.05) is 6.92 Å². The highest BCUT2D eigenvalue weighted by atomic mass is 19.1. The van der Waals surface area contributed by atoms with E-state index in [4.69, 9.17) is 5.11 Å². The van der Waals surface area contributed by atoms with Crippen LogP contribution in [-0.4, -0.2) is 22.9 Å². The summed E-state index contributed by atoms with van der Waals surface area (Å²) >= 11 is 0. The lowest BCUT2D eigenvalue weighted by Gasteiger charge is -2.24. The number of halogens is 1. The number of phenolic OH excluding ortho intramolecular Hbond substituents is 1. The summed E-state index contributed by atoms with van der Waals surface area (Å²) in [7, 11) is 0. The summed E-state index contributed by atoms with van der Waals surface area (Å²) in [4.78, 5) is 0. The normalized spacial score (nSPS) is 15.3. The Balaban J connectivity index is 2.53. The number of rotatable bonds is 5. The van der Waals surface area contributed by atoms with Gasteiger partial charge in [0.1, 0.15) is 11.6 Å². The summed E-state index contributed by atoms with van der Waals surface area (Å²) in [6.45, 7) is 8.45. The summed E-state index contributed by atoms with van der Waals surface area (Å²) < 4.78 is 13.6. The lowest BCUT2D eigenvalue weighted by atomic mass is 9.89.